The fourth-order valence-electron chi connectivity index (χ4n) is 9.56. The number of benzene rings is 10. The number of hydrogen-bond donors (Lipinski definition) is 0. The molecule has 50 heavy (non-hydrogen) atoms. The molecule has 0 saturated heterocycles. The highest BCUT2D eigenvalue weighted by Crippen LogP contribution is 2.64. The molecule has 0 aromatic heterocycles. The number of fused-ring (bicyclic) bond motifs is 13. The quantitative estimate of drug-likeness (QED) is 0.164. The third-order valence-electron chi connectivity index (χ3n) is 11.7. The molecule has 0 bridgehead atoms. The van der Waals surface area contributed by atoms with E-state index in [-0.39, 0.29) is 0 Å². The molecule has 1 aliphatic carbocycles. The summed E-state index contributed by atoms with van der Waals surface area (Å²) in [4.78, 5) is 0. The van der Waals surface area contributed by atoms with Gasteiger partial charge in [-0.05, 0) is 82.5 Å². The first-order valence-electron chi connectivity index (χ1n) is 17.4. The second-order valence-electron chi connectivity index (χ2n) is 14.0. The van der Waals surface area contributed by atoms with Gasteiger partial charge in [0.25, 0.3) is 0 Å². The van der Waals surface area contributed by atoms with Crippen LogP contribution in [-0.4, -0.2) is 0 Å². The molecule has 0 saturated carbocycles. The van der Waals surface area contributed by atoms with Gasteiger partial charge in [-0.1, -0.05) is 164 Å². The SMILES string of the molecule is c1ccc2c(c1)-c1ccc(-c3ccc4ccc5cccc6ccc3c4c56)cc1C21c2ccc3ccccc3c2Oc2c1ccc1ccccc21. The van der Waals surface area contributed by atoms with Gasteiger partial charge in [-0.15, -0.1) is 0 Å². The highest BCUT2D eigenvalue weighted by atomic mass is 16.5. The van der Waals surface area contributed by atoms with Gasteiger partial charge < -0.3 is 4.74 Å². The van der Waals surface area contributed by atoms with Gasteiger partial charge in [0.15, 0.2) is 0 Å². The van der Waals surface area contributed by atoms with Crippen molar-refractivity contribution in [2.45, 2.75) is 5.41 Å². The molecule has 10 aromatic carbocycles. The van der Waals surface area contributed by atoms with Gasteiger partial charge in [0.05, 0.1) is 5.41 Å². The minimum atomic E-state index is -0.567. The standard InChI is InChI=1S/C49H28O/c1-3-12-36-29(8-1)21-26-42-47(36)50-48-37-13-4-2-9-30(37)22-27-43(48)49(42)41-15-6-5-14-38(41)39-24-20-34(28-44(39)49)35-23-18-33-17-16-31-10-7-11-32-19-25-40(35)46(33)45(31)32/h1-28H. The Kier molecular flexibility index (Phi) is 4.97. The van der Waals surface area contributed by atoms with Crippen LogP contribution in [0.15, 0.2) is 170 Å². The zero-order chi connectivity index (χ0) is 32.6. The molecule has 0 N–H and O–H groups in total. The van der Waals surface area contributed by atoms with Crippen LogP contribution in [0.5, 0.6) is 11.5 Å². The Morgan fingerprint density at radius 3 is 1.60 bits per heavy atom. The molecule has 1 aliphatic heterocycles. The Morgan fingerprint density at radius 2 is 0.860 bits per heavy atom. The lowest BCUT2D eigenvalue weighted by Gasteiger charge is -2.40. The molecule has 0 unspecified atom stereocenters. The molecule has 1 spiro atoms. The Labute approximate surface area is 289 Å². The first-order valence-corrected chi connectivity index (χ1v) is 17.4. The number of ether oxygens (including phenoxy) is 1. The van der Waals surface area contributed by atoms with Crippen LogP contribution in [0.25, 0.3) is 76.1 Å². The highest BCUT2D eigenvalue weighted by Gasteiger charge is 2.51. The van der Waals surface area contributed by atoms with E-state index < -0.39 is 5.41 Å². The Balaban J connectivity index is 1.22. The van der Waals surface area contributed by atoms with E-state index >= 15 is 0 Å². The molecule has 1 nitrogen and oxygen atoms in total. The van der Waals surface area contributed by atoms with Crippen LogP contribution in [0.3, 0.4) is 0 Å². The third-order valence-corrected chi connectivity index (χ3v) is 11.7. The molecule has 0 radical (unpaired) electrons. The summed E-state index contributed by atoms with van der Waals surface area (Å²) in [5.41, 5.74) is 9.47. The summed E-state index contributed by atoms with van der Waals surface area (Å²) < 4.78 is 7.16. The summed E-state index contributed by atoms with van der Waals surface area (Å²) in [6, 6.07) is 63.1. The third kappa shape index (κ3) is 3.18. The van der Waals surface area contributed by atoms with Crippen molar-refractivity contribution < 1.29 is 4.74 Å². The average molecular weight is 633 g/mol. The average Bonchev–Trinajstić information content (AvgIpc) is 3.46. The van der Waals surface area contributed by atoms with Crippen LogP contribution in [0.4, 0.5) is 0 Å². The molecular formula is C49H28O. The summed E-state index contributed by atoms with van der Waals surface area (Å²) in [7, 11) is 0. The molecule has 10 aromatic rings. The van der Waals surface area contributed by atoms with E-state index in [1.165, 1.54) is 87.6 Å². The van der Waals surface area contributed by atoms with E-state index in [9.17, 15) is 0 Å². The fourth-order valence-corrected chi connectivity index (χ4v) is 9.56. The minimum absolute atomic E-state index is 0.567. The lowest BCUT2D eigenvalue weighted by atomic mass is 9.65. The van der Waals surface area contributed by atoms with Gasteiger partial charge in [-0.25, -0.2) is 0 Å². The maximum atomic E-state index is 7.16. The first-order chi connectivity index (χ1) is 24.8. The molecule has 0 fully saturated rings. The van der Waals surface area contributed by atoms with Crippen LogP contribution in [0, 0.1) is 0 Å². The van der Waals surface area contributed by atoms with Crippen molar-refractivity contribution in [3.05, 3.63) is 192 Å². The van der Waals surface area contributed by atoms with Gasteiger partial charge in [-0.2, -0.15) is 0 Å². The first kappa shape index (κ1) is 26.5. The van der Waals surface area contributed by atoms with Gasteiger partial charge in [0, 0.05) is 21.9 Å². The van der Waals surface area contributed by atoms with Crippen LogP contribution < -0.4 is 4.74 Å². The van der Waals surface area contributed by atoms with Crippen LogP contribution in [-0.2, 0) is 5.41 Å². The fraction of sp³-hybridized carbons (Fsp3) is 0.0204. The highest BCUT2D eigenvalue weighted by molar-refractivity contribution is 6.25. The number of rotatable bonds is 1. The van der Waals surface area contributed by atoms with Gasteiger partial charge in [0.1, 0.15) is 11.5 Å². The normalized spacial score (nSPS) is 13.9. The molecule has 2 aliphatic rings. The van der Waals surface area contributed by atoms with E-state index in [1.54, 1.807) is 0 Å². The Bertz CT molecular complexity index is 2970. The summed E-state index contributed by atoms with van der Waals surface area (Å²) in [6.45, 7) is 0. The molecule has 1 heterocycles. The summed E-state index contributed by atoms with van der Waals surface area (Å²) in [5.74, 6) is 1.89. The molecular weight excluding hydrogens is 605 g/mol. The van der Waals surface area contributed by atoms with Crippen molar-refractivity contribution in [3.8, 4) is 33.8 Å². The molecule has 0 amide bonds. The van der Waals surface area contributed by atoms with Gasteiger partial charge in [0.2, 0.25) is 0 Å². The van der Waals surface area contributed by atoms with E-state index in [4.69, 9.17) is 4.74 Å². The van der Waals surface area contributed by atoms with Crippen LogP contribution in [0.1, 0.15) is 22.3 Å². The zero-order valence-electron chi connectivity index (χ0n) is 27.1. The van der Waals surface area contributed by atoms with Gasteiger partial charge >= 0.3 is 0 Å². The van der Waals surface area contributed by atoms with Crippen LogP contribution >= 0.6 is 0 Å². The van der Waals surface area contributed by atoms with E-state index in [1.807, 2.05) is 0 Å². The molecule has 12 rings (SSSR count). The largest absolute Gasteiger partial charge is 0.455 e. The van der Waals surface area contributed by atoms with Crippen molar-refractivity contribution in [1.82, 2.24) is 0 Å². The van der Waals surface area contributed by atoms with Crippen molar-refractivity contribution in [2.75, 3.05) is 0 Å². The second-order valence-corrected chi connectivity index (χ2v) is 14.0. The summed E-state index contributed by atoms with van der Waals surface area (Å²) >= 11 is 0. The smallest absolute Gasteiger partial charge is 0.140 e. The maximum Gasteiger partial charge on any atom is 0.140 e. The van der Waals surface area contributed by atoms with Crippen molar-refractivity contribution in [3.63, 3.8) is 0 Å². The molecule has 1 heteroatoms. The second kappa shape index (κ2) is 9.37. The maximum absolute atomic E-state index is 7.16. The molecule has 0 atom stereocenters. The Morgan fingerprint density at radius 1 is 0.320 bits per heavy atom. The number of hydrogen-bond acceptors (Lipinski definition) is 1. The van der Waals surface area contributed by atoms with Crippen molar-refractivity contribution >= 4 is 53.9 Å². The van der Waals surface area contributed by atoms with Crippen molar-refractivity contribution in [2.24, 2.45) is 0 Å². The predicted molar refractivity (Wildman–Crippen MR) is 208 cm³/mol. The van der Waals surface area contributed by atoms with E-state index in [0.717, 1.165) is 22.3 Å². The monoisotopic (exact) mass is 632 g/mol. The molecule has 230 valence electrons. The topological polar surface area (TPSA) is 9.23 Å². The van der Waals surface area contributed by atoms with Gasteiger partial charge in [-0.3, -0.25) is 0 Å². The minimum Gasteiger partial charge on any atom is -0.455 e. The summed E-state index contributed by atoms with van der Waals surface area (Å²) in [5, 5.41) is 12.5. The lowest BCUT2D eigenvalue weighted by molar-refractivity contribution is 0.447. The summed E-state index contributed by atoms with van der Waals surface area (Å²) in [6.07, 6.45) is 0. The predicted octanol–water partition coefficient (Wildman–Crippen LogP) is 13.0. The van der Waals surface area contributed by atoms with Crippen LogP contribution in [0.2, 0.25) is 0 Å². The Hall–Kier alpha value is -6.44. The van der Waals surface area contributed by atoms with E-state index in [0.29, 0.717) is 0 Å². The zero-order valence-corrected chi connectivity index (χ0v) is 27.1. The van der Waals surface area contributed by atoms with E-state index in [2.05, 4.69) is 170 Å². The van der Waals surface area contributed by atoms with Crippen molar-refractivity contribution in [1.29, 1.82) is 0 Å². The lowest BCUT2D eigenvalue weighted by Crippen LogP contribution is -2.32.